The summed E-state index contributed by atoms with van der Waals surface area (Å²) in [7, 11) is 0. The molecule has 1 amide bonds. The summed E-state index contributed by atoms with van der Waals surface area (Å²) in [5.41, 5.74) is 0.988. The maximum absolute atomic E-state index is 12.3. The summed E-state index contributed by atoms with van der Waals surface area (Å²) >= 11 is 0. The highest BCUT2D eigenvalue weighted by Gasteiger charge is 2.28. The molecule has 3 rings (SSSR count). The molecule has 1 unspecified atom stereocenters. The number of carbonyl (C=O) groups excluding carboxylic acids is 1. The second-order valence-electron chi connectivity index (χ2n) is 6.69. The smallest absolute Gasteiger partial charge is 0.237 e. The van der Waals surface area contributed by atoms with Crippen molar-refractivity contribution in [2.24, 2.45) is 0 Å². The van der Waals surface area contributed by atoms with E-state index in [1.54, 1.807) is 4.90 Å². The van der Waals surface area contributed by atoms with Crippen LogP contribution in [0.25, 0.3) is 11.4 Å². The maximum atomic E-state index is 12.3. The van der Waals surface area contributed by atoms with E-state index < -0.39 is 0 Å². The minimum atomic E-state index is -0.273. The Morgan fingerprint density at radius 1 is 1.42 bits per heavy atom. The SMILES string of the molecule is Cc1nc(-c2ccccc2)nn1CC(C)NCC(=O)N1CCC[C@H]1C#N. The number of rotatable bonds is 6. The first-order valence-corrected chi connectivity index (χ1v) is 8.98. The lowest BCUT2D eigenvalue weighted by Gasteiger charge is -2.21. The van der Waals surface area contributed by atoms with E-state index in [4.69, 9.17) is 5.26 Å². The molecule has 26 heavy (non-hydrogen) atoms. The summed E-state index contributed by atoms with van der Waals surface area (Å²) in [6, 6.07) is 11.9. The van der Waals surface area contributed by atoms with Crippen LogP contribution < -0.4 is 5.32 Å². The molecule has 1 aromatic heterocycles. The van der Waals surface area contributed by atoms with Crippen LogP contribution in [0.15, 0.2) is 30.3 Å². The zero-order valence-corrected chi connectivity index (χ0v) is 15.2. The molecule has 0 bridgehead atoms. The Morgan fingerprint density at radius 3 is 2.92 bits per heavy atom. The van der Waals surface area contributed by atoms with Gasteiger partial charge in [-0.05, 0) is 26.7 Å². The Bertz CT molecular complexity index is 794. The van der Waals surface area contributed by atoms with E-state index in [2.05, 4.69) is 21.5 Å². The molecule has 0 radical (unpaired) electrons. The molecule has 136 valence electrons. The van der Waals surface area contributed by atoms with E-state index in [-0.39, 0.29) is 24.5 Å². The molecule has 1 N–H and O–H groups in total. The first-order chi connectivity index (χ1) is 12.6. The number of benzene rings is 1. The predicted molar refractivity (Wildman–Crippen MR) is 98.0 cm³/mol. The minimum Gasteiger partial charge on any atom is -0.326 e. The third-order valence-corrected chi connectivity index (χ3v) is 4.66. The lowest BCUT2D eigenvalue weighted by atomic mass is 10.2. The van der Waals surface area contributed by atoms with Crippen LogP contribution in [0.2, 0.25) is 0 Å². The zero-order valence-electron chi connectivity index (χ0n) is 15.2. The van der Waals surface area contributed by atoms with Gasteiger partial charge in [0.25, 0.3) is 0 Å². The van der Waals surface area contributed by atoms with Gasteiger partial charge in [0.15, 0.2) is 5.82 Å². The van der Waals surface area contributed by atoms with Gasteiger partial charge in [-0.2, -0.15) is 10.4 Å². The molecule has 7 heteroatoms. The van der Waals surface area contributed by atoms with Crippen LogP contribution >= 0.6 is 0 Å². The van der Waals surface area contributed by atoms with Gasteiger partial charge in [0.2, 0.25) is 5.91 Å². The number of hydrogen-bond acceptors (Lipinski definition) is 5. The molecule has 1 aromatic carbocycles. The van der Waals surface area contributed by atoms with Gasteiger partial charge >= 0.3 is 0 Å². The second kappa shape index (κ2) is 8.11. The van der Waals surface area contributed by atoms with Crippen LogP contribution in [0, 0.1) is 18.3 Å². The van der Waals surface area contributed by atoms with Crippen molar-refractivity contribution < 1.29 is 4.79 Å². The van der Waals surface area contributed by atoms with E-state index >= 15 is 0 Å². The highest BCUT2D eigenvalue weighted by Crippen LogP contribution is 2.16. The number of nitrogens with zero attached hydrogens (tertiary/aromatic N) is 5. The first-order valence-electron chi connectivity index (χ1n) is 8.98. The van der Waals surface area contributed by atoms with E-state index in [0.29, 0.717) is 18.9 Å². The largest absolute Gasteiger partial charge is 0.326 e. The second-order valence-corrected chi connectivity index (χ2v) is 6.69. The van der Waals surface area contributed by atoms with Gasteiger partial charge in [-0.25, -0.2) is 9.67 Å². The summed E-state index contributed by atoms with van der Waals surface area (Å²) in [6.07, 6.45) is 1.68. The molecule has 1 aliphatic heterocycles. The molecule has 2 heterocycles. The molecular weight excluding hydrogens is 328 g/mol. The number of amides is 1. The molecule has 1 fully saturated rings. The number of nitrogens with one attached hydrogen (secondary N) is 1. The van der Waals surface area contributed by atoms with Crippen molar-refractivity contribution >= 4 is 5.91 Å². The minimum absolute atomic E-state index is 0.0128. The number of aromatic nitrogens is 3. The highest BCUT2D eigenvalue weighted by atomic mass is 16.2. The number of aryl methyl sites for hydroxylation is 1. The van der Waals surface area contributed by atoms with Crippen LogP contribution in [0.3, 0.4) is 0 Å². The van der Waals surface area contributed by atoms with Crippen molar-refractivity contribution in [1.82, 2.24) is 25.0 Å². The van der Waals surface area contributed by atoms with Crippen molar-refractivity contribution in [2.75, 3.05) is 13.1 Å². The lowest BCUT2D eigenvalue weighted by Crippen LogP contribution is -2.43. The molecule has 0 aliphatic carbocycles. The van der Waals surface area contributed by atoms with Crippen molar-refractivity contribution in [2.45, 2.75) is 45.3 Å². The summed E-state index contributed by atoms with van der Waals surface area (Å²) in [6.45, 7) is 5.48. The Labute approximate surface area is 153 Å². The fraction of sp³-hybridized carbons (Fsp3) is 0.474. The van der Waals surface area contributed by atoms with Gasteiger partial charge in [-0.1, -0.05) is 30.3 Å². The van der Waals surface area contributed by atoms with Crippen LogP contribution in [-0.2, 0) is 11.3 Å². The Balaban J connectivity index is 1.55. The van der Waals surface area contributed by atoms with E-state index in [9.17, 15) is 4.79 Å². The van der Waals surface area contributed by atoms with E-state index in [1.807, 2.05) is 48.9 Å². The van der Waals surface area contributed by atoms with Gasteiger partial charge in [0, 0.05) is 18.2 Å². The number of likely N-dealkylation sites (tertiary alicyclic amines) is 1. The quantitative estimate of drug-likeness (QED) is 0.856. The molecular formula is C19H24N6O. The normalized spacial score (nSPS) is 17.9. The zero-order chi connectivity index (χ0) is 18.5. The molecule has 0 saturated carbocycles. The summed E-state index contributed by atoms with van der Waals surface area (Å²) in [5, 5.41) is 16.9. The van der Waals surface area contributed by atoms with Crippen molar-refractivity contribution in [1.29, 1.82) is 5.26 Å². The van der Waals surface area contributed by atoms with E-state index in [0.717, 1.165) is 24.2 Å². The standard InChI is InChI=1S/C19H24N6O/c1-14(21-12-18(26)24-10-6-9-17(24)11-20)13-25-15(2)22-19(23-25)16-7-4-3-5-8-16/h3-5,7-8,14,17,21H,6,9-10,12-13H2,1-2H3/t14?,17-/m0/s1. The van der Waals surface area contributed by atoms with Crippen LogP contribution in [0.1, 0.15) is 25.6 Å². The van der Waals surface area contributed by atoms with Crippen molar-refractivity contribution in [3.8, 4) is 17.5 Å². The monoisotopic (exact) mass is 352 g/mol. The Morgan fingerprint density at radius 2 is 2.19 bits per heavy atom. The van der Waals surface area contributed by atoms with Crippen LogP contribution in [0.4, 0.5) is 0 Å². The molecule has 1 aliphatic rings. The first kappa shape index (κ1) is 18.1. The Kier molecular flexibility index (Phi) is 5.64. The van der Waals surface area contributed by atoms with Gasteiger partial charge in [-0.15, -0.1) is 0 Å². The highest BCUT2D eigenvalue weighted by molar-refractivity contribution is 5.79. The van der Waals surface area contributed by atoms with Crippen molar-refractivity contribution in [3.05, 3.63) is 36.2 Å². The fourth-order valence-electron chi connectivity index (χ4n) is 3.19. The number of nitriles is 1. The maximum Gasteiger partial charge on any atom is 0.237 e. The predicted octanol–water partition coefficient (Wildman–Crippen LogP) is 1.75. The van der Waals surface area contributed by atoms with Gasteiger partial charge < -0.3 is 10.2 Å². The van der Waals surface area contributed by atoms with Crippen LogP contribution in [-0.4, -0.2) is 50.7 Å². The number of hydrogen-bond donors (Lipinski definition) is 1. The van der Waals surface area contributed by atoms with Gasteiger partial charge in [0.1, 0.15) is 11.9 Å². The summed E-state index contributed by atoms with van der Waals surface area (Å²) < 4.78 is 1.86. The topological polar surface area (TPSA) is 86.8 Å². The lowest BCUT2D eigenvalue weighted by molar-refractivity contribution is -0.130. The third kappa shape index (κ3) is 4.09. The van der Waals surface area contributed by atoms with E-state index in [1.165, 1.54) is 0 Å². The molecule has 2 atom stereocenters. The molecule has 2 aromatic rings. The fourth-order valence-corrected chi connectivity index (χ4v) is 3.19. The van der Waals surface area contributed by atoms with Crippen LogP contribution in [0.5, 0.6) is 0 Å². The van der Waals surface area contributed by atoms with Gasteiger partial charge in [0.05, 0.1) is 19.2 Å². The average molecular weight is 352 g/mol. The summed E-state index contributed by atoms with van der Waals surface area (Å²) in [5.74, 6) is 1.54. The Hall–Kier alpha value is -2.72. The number of carbonyl (C=O) groups is 1. The van der Waals surface area contributed by atoms with Crippen molar-refractivity contribution in [3.63, 3.8) is 0 Å². The summed E-state index contributed by atoms with van der Waals surface area (Å²) in [4.78, 5) is 18.5. The third-order valence-electron chi connectivity index (χ3n) is 4.66. The molecule has 0 spiro atoms. The molecule has 1 saturated heterocycles. The average Bonchev–Trinajstić information content (AvgIpc) is 3.27. The molecule has 7 nitrogen and oxygen atoms in total. The van der Waals surface area contributed by atoms with Gasteiger partial charge in [-0.3, -0.25) is 4.79 Å².